The van der Waals surface area contributed by atoms with Crippen molar-refractivity contribution < 1.29 is 19.1 Å². The number of hydrogen-bond acceptors (Lipinski definition) is 3. The second kappa shape index (κ2) is 4.31. The predicted molar refractivity (Wildman–Crippen MR) is 56.2 cm³/mol. The van der Waals surface area contributed by atoms with Gasteiger partial charge in [0.05, 0.1) is 5.60 Å². The quantitative estimate of drug-likeness (QED) is 0.704. The molecule has 86 valence electrons. The summed E-state index contributed by atoms with van der Waals surface area (Å²) >= 11 is 0. The number of hydrogen-bond donors (Lipinski definition) is 2. The molecule has 14 heavy (non-hydrogen) atoms. The lowest BCUT2D eigenvalue weighted by Gasteiger charge is -2.33. The first-order chi connectivity index (χ1) is 6.08. The molecule has 0 saturated heterocycles. The largest absolute Gasteiger partial charge is 0.378 e. The fraction of sp³-hybridized carbons (Fsp3) is 1.00. The predicted octanol–water partition coefficient (Wildman–Crippen LogP) is 2.50. The molecular formula is C9H21O4P. The van der Waals surface area contributed by atoms with Gasteiger partial charge in [-0.3, -0.25) is 4.57 Å². The van der Waals surface area contributed by atoms with Crippen LogP contribution in [0.25, 0.3) is 0 Å². The lowest BCUT2D eigenvalue weighted by atomic mass is 10.1. The molecule has 0 aliphatic carbocycles. The average molecular weight is 224 g/mol. The van der Waals surface area contributed by atoms with Gasteiger partial charge in [-0.2, -0.15) is 0 Å². The zero-order valence-electron chi connectivity index (χ0n) is 9.57. The molecule has 0 radical (unpaired) electrons. The van der Waals surface area contributed by atoms with Crippen molar-refractivity contribution in [3.8, 4) is 0 Å². The molecule has 0 aliphatic rings. The lowest BCUT2D eigenvalue weighted by molar-refractivity contribution is 0.0366. The molecule has 0 bridgehead atoms. The highest BCUT2D eigenvalue weighted by atomic mass is 31.2. The molecule has 0 aromatic rings. The van der Waals surface area contributed by atoms with Crippen molar-refractivity contribution in [1.82, 2.24) is 0 Å². The first kappa shape index (κ1) is 14.1. The van der Waals surface area contributed by atoms with E-state index in [1.165, 1.54) is 6.92 Å². The van der Waals surface area contributed by atoms with E-state index in [-0.39, 0.29) is 6.42 Å². The molecule has 0 heterocycles. The maximum absolute atomic E-state index is 11.7. The summed E-state index contributed by atoms with van der Waals surface area (Å²) in [6, 6.07) is 0. The molecule has 0 aromatic carbocycles. The average Bonchev–Trinajstić information content (AvgIpc) is 2.02. The van der Waals surface area contributed by atoms with Crippen LogP contribution in [0, 0.1) is 0 Å². The second-order valence-electron chi connectivity index (χ2n) is 4.30. The third kappa shape index (κ3) is 3.35. The topological polar surface area (TPSA) is 66.8 Å². The van der Waals surface area contributed by atoms with Crippen LogP contribution in [-0.4, -0.2) is 20.9 Å². The van der Waals surface area contributed by atoms with E-state index >= 15 is 0 Å². The summed E-state index contributed by atoms with van der Waals surface area (Å²) in [5.74, 6) is 0. The SMILES string of the molecule is CCC(C)(C)OP(=O)(O)[C@@](C)(O)CC. The number of aliphatic hydroxyl groups is 1. The fourth-order valence-corrected chi connectivity index (χ4v) is 2.09. The van der Waals surface area contributed by atoms with Gasteiger partial charge in [-0.05, 0) is 33.6 Å². The van der Waals surface area contributed by atoms with Gasteiger partial charge in [0.1, 0.15) is 0 Å². The van der Waals surface area contributed by atoms with Crippen LogP contribution < -0.4 is 0 Å². The minimum absolute atomic E-state index is 0.181. The van der Waals surface area contributed by atoms with E-state index in [0.29, 0.717) is 6.42 Å². The van der Waals surface area contributed by atoms with Crippen molar-refractivity contribution in [1.29, 1.82) is 0 Å². The van der Waals surface area contributed by atoms with E-state index < -0.39 is 18.5 Å². The van der Waals surface area contributed by atoms with Crippen molar-refractivity contribution in [2.45, 2.75) is 58.4 Å². The summed E-state index contributed by atoms with van der Waals surface area (Å²) in [5.41, 5.74) is -0.691. The zero-order chi connectivity index (χ0) is 11.6. The lowest BCUT2D eigenvalue weighted by Crippen LogP contribution is -2.30. The second-order valence-corrected chi connectivity index (χ2v) is 6.48. The minimum Gasteiger partial charge on any atom is -0.378 e. The third-order valence-corrected chi connectivity index (χ3v) is 4.78. The number of rotatable bonds is 5. The van der Waals surface area contributed by atoms with E-state index in [2.05, 4.69) is 0 Å². The van der Waals surface area contributed by atoms with Crippen LogP contribution >= 0.6 is 7.60 Å². The maximum atomic E-state index is 11.7. The van der Waals surface area contributed by atoms with Crippen LogP contribution in [0.15, 0.2) is 0 Å². The molecule has 0 aliphatic heterocycles. The first-order valence-electron chi connectivity index (χ1n) is 4.84. The highest BCUT2D eigenvalue weighted by molar-refractivity contribution is 7.54. The van der Waals surface area contributed by atoms with Crippen LogP contribution in [0.5, 0.6) is 0 Å². The van der Waals surface area contributed by atoms with E-state index in [1.807, 2.05) is 6.92 Å². The summed E-state index contributed by atoms with van der Waals surface area (Å²) < 4.78 is 16.8. The normalized spacial score (nSPS) is 21.4. The monoisotopic (exact) mass is 224 g/mol. The van der Waals surface area contributed by atoms with Gasteiger partial charge in [0, 0.05) is 0 Å². The van der Waals surface area contributed by atoms with Gasteiger partial charge in [-0.25, -0.2) is 0 Å². The van der Waals surface area contributed by atoms with E-state index in [0.717, 1.165) is 0 Å². The molecule has 1 unspecified atom stereocenters. The summed E-state index contributed by atoms with van der Waals surface area (Å²) in [5, 5.41) is 8.00. The van der Waals surface area contributed by atoms with Crippen molar-refractivity contribution in [3.05, 3.63) is 0 Å². The molecule has 0 rings (SSSR count). The molecule has 0 aromatic heterocycles. The van der Waals surface area contributed by atoms with Crippen LogP contribution in [0.1, 0.15) is 47.5 Å². The maximum Gasteiger partial charge on any atom is 0.359 e. The van der Waals surface area contributed by atoms with Gasteiger partial charge in [0.15, 0.2) is 5.34 Å². The van der Waals surface area contributed by atoms with Crippen LogP contribution in [0.2, 0.25) is 0 Å². The van der Waals surface area contributed by atoms with E-state index in [9.17, 15) is 14.6 Å². The molecule has 0 fully saturated rings. The highest BCUT2D eigenvalue weighted by Crippen LogP contribution is 2.58. The Bertz CT molecular complexity index is 235. The molecule has 5 heteroatoms. The van der Waals surface area contributed by atoms with Crippen LogP contribution in [0.4, 0.5) is 0 Å². The molecule has 0 amide bonds. The Balaban J connectivity index is 4.74. The van der Waals surface area contributed by atoms with Crippen molar-refractivity contribution in [3.63, 3.8) is 0 Å². The van der Waals surface area contributed by atoms with Gasteiger partial charge >= 0.3 is 7.60 Å². The van der Waals surface area contributed by atoms with E-state index in [1.54, 1.807) is 20.8 Å². The Labute approximate surface area is 85.8 Å². The first-order valence-corrected chi connectivity index (χ1v) is 6.42. The van der Waals surface area contributed by atoms with Gasteiger partial charge in [-0.15, -0.1) is 0 Å². The molecule has 2 atom stereocenters. The van der Waals surface area contributed by atoms with E-state index in [4.69, 9.17) is 4.52 Å². The Hall–Kier alpha value is 0.110. The Kier molecular flexibility index (Phi) is 4.35. The van der Waals surface area contributed by atoms with Gasteiger partial charge in [0.2, 0.25) is 0 Å². The van der Waals surface area contributed by atoms with Gasteiger partial charge in [0.25, 0.3) is 0 Å². The van der Waals surface area contributed by atoms with Crippen molar-refractivity contribution >= 4 is 7.60 Å². The van der Waals surface area contributed by atoms with Crippen LogP contribution in [0.3, 0.4) is 0 Å². The third-order valence-electron chi connectivity index (χ3n) is 2.50. The van der Waals surface area contributed by atoms with Crippen LogP contribution in [-0.2, 0) is 9.09 Å². The molecule has 2 N–H and O–H groups in total. The smallest absolute Gasteiger partial charge is 0.359 e. The van der Waals surface area contributed by atoms with Gasteiger partial charge < -0.3 is 14.5 Å². The summed E-state index contributed by atoms with van der Waals surface area (Å²) in [7, 11) is -3.98. The Morgan fingerprint density at radius 1 is 1.21 bits per heavy atom. The Morgan fingerprint density at radius 3 is 1.93 bits per heavy atom. The summed E-state index contributed by atoms with van der Waals surface area (Å²) in [6.45, 7) is 8.27. The summed E-state index contributed by atoms with van der Waals surface area (Å²) in [4.78, 5) is 9.59. The molecule has 0 saturated carbocycles. The van der Waals surface area contributed by atoms with Crippen molar-refractivity contribution in [2.24, 2.45) is 0 Å². The van der Waals surface area contributed by atoms with Gasteiger partial charge in [-0.1, -0.05) is 13.8 Å². The fourth-order valence-electron chi connectivity index (χ4n) is 0.698. The standard InChI is InChI=1S/C9H21O4P/c1-6-8(3,4)13-14(11,12)9(5,10)7-2/h10H,6-7H2,1-5H3,(H,11,12)/t9-/m1/s1. The molecular weight excluding hydrogens is 203 g/mol. The highest BCUT2D eigenvalue weighted by Gasteiger charge is 2.44. The van der Waals surface area contributed by atoms with Crippen molar-refractivity contribution in [2.75, 3.05) is 0 Å². The molecule has 4 nitrogen and oxygen atoms in total. The molecule has 0 spiro atoms. The zero-order valence-corrected chi connectivity index (χ0v) is 10.5. The minimum atomic E-state index is -3.98. The summed E-state index contributed by atoms with van der Waals surface area (Å²) in [6.07, 6.45) is 0.790. The Morgan fingerprint density at radius 2 is 1.64 bits per heavy atom.